The second-order valence-corrected chi connectivity index (χ2v) is 11.9. The van der Waals surface area contributed by atoms with E-state index in [1.54, 1.807) is 26.1 Å². The average molecular weight is 586 g/mol. The molecule has 1 aliphatic heterocycles. The largest absolute Gasteiger partial charge is 0.487 e. The summed E-state index contributed by atoms with van der Waals surface area (Å²) in [5.41, 5.74) is 1.13. The second kappa shape index (κ2) is 12.2. The minimum Gasteiger partial charge on any atom is -0.487 e. The van der Waals surface area contributed by atoms with E-state index in [1.165, 1.54) is 41.8 Å². The summed E-state index contributed by atoms with van der Waals surface area (Å²) in [6.07, 6.45) is -0.522. The maximum absolute atomic E-state index is 13.7. The average Bonchev–Trinajstić information content (AvgIpc) is 3.29. The third-order valence-electron chi connectivity index (χ3n) is 6.98. The van der Waals surface area contributed by atoms with E-state index >= 15 is 0 Å². The summed E-state index contributed by atoms with van der Waals surface area (Å²) in [6.45, 7) is 6.84. The number of ether oxygens (including phenoxy) is 1. The molecule has 4 rings (SSSR count). The Morgan fingerprint density at radius 2 is 1.90 bits per heavy atom. The molecule has 0 unspecified atom stereocenters. The molecular formula is C28H35N5O7S. The van der Waals surface area contributed by atoms with E-state index in [9.17, 15) is 23.1 Å². The molecule has 220 valence electrons. The van der Waals surface area contributed by atoms with Crippen molar-refractivity contribution in [3.05, 3.63) is 65.5 Å². The van der Waals surface area contributed by atoms with Gasteiger partial charge in [0, 0.05) is 30.9 Å². The van der Waals surface area contributed by atoms with Crippen molar-refractivity contribution in [3.63, 3.8) is 0 Å². The van der Waals surface area contributed by atoms with Crippen molar-refractivity contribution in [2.75, 3.05) is 36.8 Å². The summed E-state index contributed by atoms with van der Waals surface area (Å²) < 4.78 is 40.0. The molecule has 0 spiro atoms. The number of carbonyl (C=O) groups is 2. The molecule has 12 nitrogen and oxygen atoms in total. The van der Waals surface area contributed by atoms with E-state index in [4.69, 9.17) is 9.26 Å². The van der Waals surface area contributed by atoms with E-state index in [0.29, 0.717) is 5.69 Å². The normalized spacial score (nSPS) is 18.0. The van der Waals surface area contributed by atoms with E-state index in [0.717, 1.165) is 0 Å². The number of likely N-dealkylation sites (N-methyl/N-ethyl adjacent to an activating group) is 1. The van der Waals surface area contributed by atoms with Gasteiger partial charge in [0.2, 0.25) is 0 Å². The van der Waals surface area contributed by atoms with E-state index in [2.05, 4.69) is 15.2 Å². The van der Waals surface area contributed by atoms with Crippen LogP contribution in [-0.4, -0.2) is 79.3 Å². The van der Waals surface area contributed by atoms with Gasteiger partial charge in [0.15, 0.2) is 10.7 Å². The number of amides is 3. The van der Waals surface area contributed by atoms with Gasteiger partial charge in [-0.2, -0.15) is 0 Å². The van der Waals surface area contributed by atoms with Gasteiger partial charge in [0.25, 0.3) is 15.9 Å². The molecule has 3 aromatic rings. The van der Waals surface area contributed by atoms with Gasteiger partial charge in [-0.15, -0.1) is 0 Å². The van der Waals surface area contributed by atoms with Crippen LogP contribution in [0.5, 0.6) is 5.75 Å². The molecule has 13 heteroatoms. The van der Waals surface area contributed by atoms with Gasteiger partial charge < -0.3 is 29.5 Å². The highest BCUT2D eigenvalue weighted by Crippen LogP contribution is 2.32. The molecule has 0 fully saturated rings. The summed E-state index contributed by atoms with van der Waals surface area (Å²) in [7, 11) is -2.41. The zero-order valence-corrected chi connectivity index (χ0v) is 24.4. The number of urea groups is 1. The van der Waals surface area contributed by atoms with Gasteiger partial charge in [0.05, 0.1) is 24.8 Å². The number of benzene rings is 2. The van der Waals surface area contributed by atoms with E-state index < -0.39 is 28.1 Å². The molecule has 0 bridgehead atoms. The van der Waals surface area contributed by atoms with Crippen LogP contribution < -0.4 is 14.8 Å². The van der Waals surface area contributed by atoms with Crippen molar-refractivity contribution in [1.29, 1.82) is 0 Å². The Morgan fingerprint density at radius 1 is 1.20 bits per heavy atom. The number of nitrogens with one attached hydrogen (secondary N) is 2. The first-order chi connectivity index (χ1) is 19.4. The standard InChI is InChI=1S/C28H35N5O7S/c1-17-14-33(18(2)16-34)27(35)23-13-22(31-41(37,38)26-19(3)30-40-20(26)4)11-12-24(23)39-25(17)15-32(5)28(36)29-21-9-7-6-8-10-21/h6-13,17-18,25,31,34H,14-16H2,1-5H3,(H,29,36)/t17-,18-,25+/m1/s1. The zero-order valence-electron chi connectivity index (χ0n) is 23.6. The predicted octanol–water partition coefficient (Wildman–Crippen LogP) is 3.48. The summed E-state index contributed by atoms with van der Waals surface area (Å²) in [5, 5.41) is 16.5. The van der Waals surface area contributed by atoms with Gasteiger partial charge >= 0.3 is 6.03 Å². The SMILES string of the molecule is Cc1noc(C)c1S(=O)(=O)Nc1ccc2c(c1)C(=O)N([C@H](C)CO)C[C@@H](C)[C@H](CN(C)C(=O)Nc1ccccc1)O2. The van der Waals surface area contributed by atoms with E-state index in [-0.39, 0.29) is 65.0 Å². The first kappa shape index (κ1) is 29.9. The van der Waals surface area contributed by atoms with Crippen molar-refractivity contribution in [1.82, 2.24) is 15.0 Å². The fourth-order valence-corrected chi connectivity index (χ4v) is 6.04. The van der Waals surface area contributed by atoms with Gasteiger partial charge in [-0.05, 0) is 51.1 Å². The number of hydrogen-bond donors (Lipinski definition) is 3. The second-order valence-electron chi connectivity index (χ2n) is 10.3. The molecule has 1 aliphatic rings. The van der Waals surface area contributed by atoms with Gasteiger partial charge in [-0.1, -0.05) is 30.3 Å². The van der Waals surface area contributed by atoms with Crippen molar-refractivity contribution in [2.45, 2.75) is 44.7 Å². The van der Waals surface area contributed by atoms with Crippen LogP contribution in [0, 0.1) is 19.8 Å². The molecular weight excluding hydrogens is 550 g/mol. The number of aromatic nitrogens is 1. The number of hydrogen-bond acceptors (Lipinski definition) is 8. The van der Waals surface area contributed by atoms with Gasteiger partial charge in [-0.3, -0.25) is 9.52 Å². The molecule has 0 radical (unpaired) electrons. The number of para-hydroxylation sites is 1. The summed E-state index contributed by atoms with van der Waals surface area (Å²) in [4.78, 5) is 29.5. The molecule has 3 atom stereocenters. The Labute approximate surface area is 239 Å². The minimum atomic E-state index is -4.06. The fourth-order valence-electron chi connectivity index (χ4n) is 4.66. The molecule has 41 heavy (non-hydrogen) atoms. The Kier molecular flexibility index (Phi) is 8.88. The third-order valence-corrected chi connectivity index (χ3v) is 8.60. The molecule has 3 amide bonds. The molecule has 1 aromatic heterocycles. The lowest BCUT2D eigenvalue weighted by Gasteiger charge is -2.38. The molecule has 0 aliphatic carbocycles. The van der Waals surface area contributed by atoms with Crippen molar-refractivity contribution in [3.8, 4) is 5.75 Å². The molecule has 0 saturated heterocycles. The lowest BCUT2D eigenvalue weighted by molar-refractivity contribution is 0.0371. The minimum absolute atomic E-state index is 0.0759. The molecule has 2 aromatic carbocycles. The summed E-state index contributed by atoms with van der Waals surface area (Å²) >= 11 is 0. The zero-order chi connectivity index (χ0) is 29.9. The number of carbonyl (C=O) groups excluding carboxylic acids is 2. The number of aryl methyl sites for hydroxylation is 2. The number of aliphatic hydroxyl groups excluding tert-OH is 1. The topological polar surface area (TPSA) is 154 Å². The number of fused-ring (bicyclic) bond motifs is 1. The molecule has 0 saturated carbocycles. The van der Waals surface area contributed by atoms with Crippen molar-refractivity contribution < 1.29 is 32.4 Å². The van der Waals surface area contributed by atoms with Crippen LogP contribution in [0.15, 0.2) is 57.9 Å². The van der Waals surface area contributed by atoms with Crippen LogP contribution in [0.3, 0.4) is 0 Å². The molecule has 3 N–H and O–H groups in total. The predicted molar refractivity (Wildman–Crippen MR) is 152 cm³/mol. The molecule has 2 heterocycles. The first-order valence-corrected chi connectivity index (χ1v) is 14.6. The quantitative estimate of drug-likeness (QED) is 0.363. The van der Waals surface area contributed by atoms with Crippen LogP contribution >= 0.6 is 0 Å². The van der Waals surface area contributed by atoms with Gasteiger partial charge in [0.1, 0.15) is 17.5 Å². The van der Waals surface area contributed by atoms with Crippen LogP contribution in [0.4, 0.5) is 16.2 Å². The monoisotopic (exact) mass is 585 g/mol. The Balaban J connectivity index is 1.63. The van der Waals surface area contributed by atoms with Crippen molar-refractivity contribution >= 4 is 33.3 Å². The maximum atomic E-state index is 13.7. The Morgan fingerprint density at radius 3 is 2.54 bits per heavy atom. The summed E-state index contributed by atoms with van der Waals surface area (Å²) in [5.74, 6) is -0.258. The van der Waals surface area contributed by atoms with Crippen molar-refractivity contribution in [2.24, 2.45) is 5.92 Å². The number of rotatable bonds is 8. The number of aliphatic hydroxyl groups is 1. The lowest BCUT2D eigenvalue weighted by Crippen LogP contribution is -2.50. The summed E-state index contributed by atoms with van der Waals surface area (Å²) in [6, 6.07) is 12.7. The van der Waals surface area contributed by atoms with Crippen LogP contribution in [0.25, 0.3) is 0 Å². The van der Waals surface area contributed by atoms with Gasteiger partial charge in [-0.25, -0.2) is 13.2 Å². The highest BCUT2D eigenvalue weighted by molar-refractivity contribution is 7.92. The van der Waals surface area contributed by atoms with Crippen LogP contribution in [0.1, 0.15) is 35.7 Å². The van der Waals surface area contributed by atoms with Crippen LogP contribution in [-0.2, 0) is 10.0 Å². The third kappa shape index (κ3) is 6.63. The first-order valence-electron chi connectivity index (χ1n) is 13.2. The lowest BCUT2D eigenvalue weighted by atomic mass is 9.99. The highest BCUT2D eigenvalue weighted by atomic mass is 32.2. The van der Waals surface area contributed by atoms with Crippen LogP contribution in [0.2, 0.25) is 0 Å². The Bertz CT molecular complexity index is 1490. The maximum Gasteiger partial charge on any atom is 0.321 e. The smallest absolute Gasteiger partial charge is 0.321 e. The Hall–Kier alpha value is -4.10. The number of anilines is 2. The number of sulfonamides is 1. The highest BCUT2D eigenvalue weighted by Gasteiger charge is 2.34. The van der Waals surface area contributed by atoms with E-state index in [1.807, 2.05) is 25.1 Å². The number of nitrogens with zero attached hydrogens (tertiary/aromatic N) is 3. The fraction of sp³-hybridized carbons (Fsp3) is 0.393.